The SMILES string of the molecule is Nc1ccc(-n2cnc3c4cccnc4c4ncccc4c32)cc1. The normalized spacial score (nSPS) is 11.5. The van der Waals surface area contributed by atoms with Crippen molar-refractivity contribution in [2.45, 2.75) is 0 Å². The third-order valence-electron chi connectivity index (χ3n) is 4.29. The van der Waals surface area contributed by atoms with Crippen molar-refractivity contribution < 1.29 is 0 Å². The van der Waals surface area contributed by atoms with Crippen LogP contribution in [0, 0.1) is 0 Å². The number of rotatable bonds is 1. The largest absolute Gasteiger partial charge is 0.399 e. The minimum atomic E-state index is 0.740. The molecule has 3 aromatic heterocycles. The van der Waals surface area contributed by atoms with Crippen LogP contribution in [0.2, 0.25) is 0 Å². The molecule has 0 saturated heterocycles. The number of aromatic nitrogens is 4. The number of fused-ring (bicyclic) bond motifs is 6. The maximum absolute atomic E-state index is 5.81. The zero-order chi connectivity index (χ0) is 16.1. The van der Waals surface area contributed by atoms with E-state index < -0.39 is 0 Å². The molecule has 0 saturated carbocycles. The molecule has 0 fully saturated rings. The molecule has 5 heteroatoms. The van der Waals surface area contributed by atoms with Gasteiger partial charge in [-0.1, -0.05) is 0 Å². The summed E-state index contributed by atoms with van der Waals surface area (Å²) in [6.07, 6.45) is 5.43. The van der Waals surface area contributed by atoms with Crippen LogP contribution in [-0.2, 0) is 0 Å². The van der Waals surface area contributed by atoms with Crippen LogP contribution in [0.15, 0.2) is 67.3 Å². The minimum Gasteiger partial charge on any atom is -0.399 e. The molecule has 2 N–H and O–H groups in total. The fourth-order valence-electron chi connectivity index (χ4n) is 3.20. The summed E-state index contributed by atoms with van der Waals surface area (Å²) in [6, 6.07) is 15.7. The topological polar surface area (TPSA) is 69.6 Å². The van der Waals surface area contributed by atoms with Gasteiger partial charge < -0.3 is 5.73 Å². The molecule has 0 aliphatic carbocycles. The highest BCUT2D eigenvalue weighted by Crippen LogP contribution is 2.33. The predicted molar refractivity (Wildman–Crippen MR) is 96.1 cm³/mol. The van der Waals surface area contributed by atoms with Crippen molar-refractivity contribution in [2.24, 2.45) is 0 Å². The second-order valence-electron chi connectivity index (χ2n) is 5.70. The van der Waals surface area contributed by atoms with E-state index in [0.29, 0.717) is 0 Å². The standard InChI is InChI=1S/C19H13N5/c20-12-5-7-13(8-6-12)24-11-23-18-14-3-1-9-21-16(14)17-15(19(18)24)4-2-10-22-17/h1-11H,20H2. The summed E-state index contributed by atoms with van der Waals surface area (Å²) in [5, 5.41) is 2.04. The molecule has 3 heterocycles. The first-order valence-corrected chi connectivity index (χ1v) is 7.67. The Bertz CT molecular complexity index is 1210. The molecule has 0 aliphatic rings. The highest BCUT2D eigenvalue weighted by atomic mass is 15.1. The summed E-state index contributed by atoms with van der Waals surface area (Å²) in [4.78, 5) is 13.7. The van der Waals surface area contributed by atoms with Gasteiger partial charge in [0, 0.05) is 34.5 Å². The van der Waals surface area contributed by atoms with Crippen molar-refractivity contribution >= 4 is 38.5 Å². The minimum absolute atomic E-state index is 0.740. The van der Waals surface area contributed by atoms with Crippen LogP contribution in [0.4, 0.5) is 5.69 Å². The molecule has 5 rings (SSSR count). The van der Waals surface area contributed by atoms with Gasteiger partial charge in [-0.2, -0.15) is 0 Å². The Hall–Kier alpha value is -3.47. The maximum Gasteiger partial charge on any atom is 0.100 e. The van der Waals surface area contributed by atoms with Gasteiger partial charge in [0.25, 0.3) is 0 Å². The van der Waals surface area contributed by atoms with Gasteiger partial charge in [0.1, 0.15) is 6.33 Å². The van der Waals surface area contributed by atoms with E-state index in [0.717, 1.165) is 44.2 Å². The molecule has 24 heavy (non-hydrogen) atoms. The van der Waals surface area contributed by atoms with Gasteiger partial charge >= 0.3 is 0 Å². The molecule has 0 radical (unpaired) electrons. The van der Waals surface area contributed by atoms with Crippen LogP contribution in [-0.4, -0.2) is 19.5 Å². The van der Waals surface area contributed by atoms with Gasteiger partial charge in [0.05, 0.1) is 22.1 Å². The number of nitrogens with two attached hydrogens (primary N) is 1. The summed E-state index contributed by atoms with van der Waals surface area (Å²) in [5.41, 5.74) is 11.3. The zero-order valence-electron chi connectivity index (χ0n) is 12.7. The third-order valence-corrected chi connectivity index (χ3v) is 4.29. The molecule has 5 nitrogen and oxygen atoms in total. The van der Waals surface area contributed by atoms with E-state index in [2.05, 4.69) is 25.6 Å². The Morgan fingerprint density at radius 1 is 0.708 bits per heavy atom. The Morgan fingerprint density at radius 2 is 1.38 bits per heavy atom. The average molecular weight is 311 g/mol. The average Bonchev–Trinajstić information content (AvgIpc) is 3.08. The predicted octanol–water partition coefficient (Wildman–Crippen LogP) is 3.70. The number of nitrogens with zero attached hydrogens (tertiary/aromatic N) is 4. The zero-order valence-corrected chi connectivity index (χ0v) is 12.7. The summed E-state index contributed by atoms with van der Waals surface area (Å²) >= 11 is 0. The molecule has 2 aromatic carbocycles. The van der Waals surface area contributed by atoms with Crippen LogP contribution in [0.3, 0.4) is 0 Å². The van der Waals surface area contributed by atoms with Crippen molar-refractivity contribution in [3.63, 3.8) is 0 Å². The van der Waals surface area contributed by atoms with E-state index in [1.807, 2.05) is 48.8 Å². The van der Waals surface area contributed by atoms with E-state index in [-0.39, 0.29) is 0 Å². The van der Waals surface area contributed by atoms with E-state index in [9.17, 15) is 0 Å². The summed E-state index contributed by atoms with van der Waals surface area (Å²) < 4.78 is 2.07. The van der Waals surface area contributed by atoms with E-state index in [1.165, 1.54) is 0 Å². The lowest BCUT2D eigenvalue weighted by atomic mass is 10.1. The van der Waals surface area contributed by atoms with Gasteiger partial charge in [-0.25, -0.2) is 4.98 Å². The van der Waals surface area contributed by atoms with Crippen molar-refractivity contribution in [1.29, 1.82) is 0 Å². The van der Waals surface area contributed by atoms with E-state index in [4.69, 9.17) is 5.73 Å². The maximum atomic E-state index is 5.81. The summed E-state index contributed by atoms with van der Waals surface area (Å²) in [7, 11) is 0. The molecule has 114 valence electrons. The molecule has 0 atom stereocenters. The van der Waals surface area contributed by atoms with Crippen molar-refractivity contribution in [3.05, 3.63) is 67.3 Å². The van der Waals surface area contributed by atoms with Gasteiger partial charge in [0.15, 0.2) is 0 Å². The molecule has 0 amide bonds. The van der Waals surface area contributed by atoms with Crippen LogP contribution >= 0.6 is 0 Å². The summed E-state index contributed by atoms with van der Waals surface area (Å²) in [6.45, 7) is 0. The van der Waals surface area contributed by atoms with Gasteiger partial charge in [0.2, 0.25) is 0 Å². The molecule has 0 aliphatic heterocycles. The lowest BCUT2D eigenvalue weighted by Crippen LogP contribution is -1.95. The Balaban J connectivity index is 2.00. The number of pyridine rings is 2. The first kappa shape index (κ1) is 13.0. The molecule has 0 spiro atoms. The highest BCUT2D eigenvalue weighted by molar-refractivity contribution is 6.20. The van der Waals surface area contributed by atoms with E-state index >= 15 is 0 Å². The number of benzene rings is 2. The quantitative estimate of drug-likeness (QED) is 0.378. The van der Waals surface area contributed by atoms with Crippen molar-refractivity contribution in [3.8, 4) is 5.69 Å². The van der Waals surface area contributed by atoms with Crippen LogP contribution in [0.25, 0.3) is 38.5 Å². The second kappa shape index (κ2) is 4.76. The van der Waals surface area contributed by atoms with Crippen LogP contribution < -0.4 is 5.73 Å². The fraction of sp³-hybridized carbons (Fsp3) is 0. The van der Waals surface area contributed by atoms with Gasteiger partial charge in [-0.15, -0.1) is 0 Å². The molecule has 0 bridgehead atoms. The Kier molecular flexibility index (Phi) is 2.58. The Morgan fingerprint density at radius 3 is 2.12 bits per heavy atom. The molecule has 5 aromatic rings. The Labute approximate surface area is 137 Å². The number of hydrogen-bond acceptors (Lipinski definition) is 4. The first-order chi connectivity index (χ1) is 11.8. The van der Waals surface area contributed by atoms with Crippen LogP contribution in [0.5, 0.6) is 0 Å². The highest BCUT2D eigenvalue weighted by Gasteiger charge is 2.15. The van der Waals surface area contributed by atoms with Crippen molar-refractivity contribution in [2.75, 3.05) is 5.73 Å². The number of nitrogen functional groups attached to an aromatic ring is 1. The van der Waals surface area contributed by atoms with Crippen LogP contribution in [0.1, 0.15) is 0 Å². The molecular formula is C19H13N5. The second-order valence-corrected chi connectivity index (χ2v) is 5.70. The lowest BCUT2D eigenvalue weighted by molar-refractivity contribution is 1.10. The lowest BCUT2D eigenvalue weighted by Gasteiger charge is -2.09. The molecular weight excluding hydrogens is 298 g/mol. The number of hydrogen-bond donors (Lipinski definition) is 1. The number of anilines is 1. The smallest absolute Gasteiger partial charge is 0.100 e. The third kappa shape index (κ3) is 1.72. The molecule has 0 unspecified atom stereocenters. The fourth-order valence-corrected chi connectivity index (χ4v) is 3.20. The van der Waals surface area contributed by atoms with Crippen molar-refractivity contribution in [1.82, 2.24) is 19.5 Å². The summed E-state index contributed by atoms with van der Waals surface area (Å²) in [5.74, 6) is 0. The van der Waals surface area contributed by atoms with E-state index in [1.54, 1.807) is 12.4 Å². The number of imidazole rings is 1. The monoisotopic (exact) mass is 311 g/mol. The first-order valence-electron chi connectivity index (χ1n) is 7.67. The van der Waals surface area contributed by atoms with Gasteiger partial charge in [-0.05, 0) is 48.5 Å². The van der Waals surface area contributed by atoms with Gasteiger partial charge in [-0.3, -0.25) is 14.5 Å².